The Morgan fingerprint density at radius 1 is 1.24 bits per heavy atom. The third-order valence-electron chi connectivity index (χ3n) is 3.84. The molecule has 1 aliphatic rings. The Kier molecular flexibility index (Phi) is 3.99. The fourth-order valence-electron chi connectivity index (χ4n) is 2.87. The molecule has 2 N–H and O–H groups in total. The number of H-pyrrole nitrogens is 1. The summed E-state index contributed by atoms with van der Waals surface area (Å²) in [5, 5.41) is 11.0. The van der Waals surface area contributed by atoms with Crippen molar-refractivity contribution in [3.05, 3.63) is 28.2 Å². The lowest BCUT2D eigenvalue weighted by Crippen LogP contribution is -2.54. The Balaban J connectivity index is 1.88. The first kappa shape index (κ1) is 14.5. The average Bonchev–Trinajstić information content (AvgIpc) is 2.90. The van der Waals surface area contributed by atoms with Gasteiger partial charge in [-0.05, 0) is 32.4 Å². The molecule has 6 heteroatoms. The van der Waals surface area contributed by atoms with Crippen molar-refractivity contribution in [2.45, 2.75) is 32.9 Å². The molecule has 3 rings (SSSR count). The third-order valence-corrected chi connectivity index (χ3v) is 4.70. The molecule has 0 bridgehead atoms. The van der Waals surface area contributed by atoms with E-state index in [0.29, 0.717) is 12.1 Å². The van der Waals surface area contributed by atoms with Crippen LogP contribution in [0.15, 0.2) is 22.7 Å². The van der Waals surface area contributed by atoms with E-state index in [0.717, 1.165) is 34.9 Å². The first-order valence-electron chi connectivity index (χ1n) is 7.23. The normalized spacial score (nSPS) is 22.6. The van der Waals surface area contributed by atoms with Crippen LogP contribution in [-0.4, -0.2) is 40.4 Å². The first-order chi connectivity index (χ1) is 10.0. The molecular weight excluding hydrogens is 330 g/mol. The summed E-state index contributed by atoms with van der Waals surface area (Å²) >= 11 is 3.56. The molecule has 0 radical (unpaired) electrons. The minimum atomic E-state index is 0.448. The fraction of sp³-hybridized carbons (Fsp3) is 0.467. The van der Waals surface area contributed by atoms with E-state index < -0.39 is 0 Å². The van der Waals surface area contributed by atoms with Gasteiger partial charge in [-0.25, -0.2) is 0 Å². The second-order valence-electron chi connectivity index (χ2n) is 5.77. The van der Waals surface area contributed by atoms with Crippen molar-refractivity contribution in [3.8, 4) is 11.4 Å². The van der Waals surface area contributed by atoms with Crippen LogP contribution in [0.4, 0.5) is 5.95 Å². The van der Waals surface area contributed by atoms with Crippen LogP contribution >= 0.6 is 15.9 Å². The average molecular weight is 350 g/mol. The van der Waals surface area contributed by atoms with Crippen LogP contribution in [0.2, 0.25) is 0 Å². The van der Waals surface area contributed by atoms with Crippen LogP contribution in [0, 0.1) is 6.92 Å². The standard InChI is InChI=1S/C15H20BrN5/c1-9-7-21(8-10(2)17-9)15-18-14(19-20-15)12-5-4-6-13(16)11(12)3/h4-6,9-10,17H,7-8H2,1-3H3,(H,18,19,20). The number of aromatic nitrogens is 3. The van der Waals surface area contributed by atoms with Gasteiger partial charge in [-0.2, -0.15) is 4.98 Å². The lowest BCUT2D eigenvalue weighted by Gasteiger charge is -2.35. The summed E-state index contributed by atoms with van der Waals surface area (Å²) in [7, 11) is 0. The highest BCUT2D eigenvalue weighted by atomic mass is 79.9. The van der Waals surface area contributed by atoms with E-state index >= 15 is 0 Å². The van der Waals surface area contributed by atoms with Crippen molar-refractivity contribution in [3.63, 3.8) is 0 Å². The van der Waals surface area contributed by atoms with Crippen molar-refractivity contribution in [2.24, 2.45) is 0 Å². The van der Waals surface area contributed by atoms with Crippen LogP contribution in [-0.2, 0) is 0 Å². The van der Waals surface area contributed by atoms with E-state index in [1.54, 1.807) is 0 Å². The topological polar surface area (TPSA) is 56.8 Å². The van der Waals surface area contributed by atoms with Gasteiger partial charge in [-0.3, -0.25) is 5.10 Å². The molecule has 112 valence electrons. The number of hydrogen-bond acceptors (Lipinski definition) is 4. The Morgan fingerprint density at radius 3 is 2.67 bits per heavy atom. The van der Waals surface area contributed by atoms with Crippen LogP contribution in [0.5, 0.6) is 0 Å². The molecule has 1 aliphatic heterocycles. The Bertz CT molecular complexity index is 629. The predicted octanol–water partition coefficient (Wildman–Crippen LogP) is 2.73. The van der Waals surface area contributed by atoms with Gasteiger partial charge in [0.1, 0.15) is 0 Å². The van der Waals surface area contributed by atoms with Crippen molar-refractivity contribution >= 4 is 21.9 Å². The molecule has 0 aliphatic carbocycles. The van der Waals surface area contributed by atoms with Crippen LogP contribution in [0.25, 0.3) is 11.4 Å². The smallest absolute Gasteiger partial charge is 0.245 e. The molecule has 2 aromatic rings. The molecule has 0 amide bonds. The number of aromatic amines is 1. The quantitative estimate of drug-likeness (QED) is 0.875. The molecule has 21 heavy (non-hydrogen) atoms. The molecule has 0 spiro atoms. The molecule has 1 aromatic carbocycles. The van der Waals surface area contributed by atoms with E-state index in [2.05, 4.69) is 68.2 Å². The number of anilines is 1. The zero-order valence-corrected chi connectivity index (χ0v) is 14.1. The van der Waals surface area contributed by atoms with Crippen molar-refractivity contribution in [2.75, 3.05) is 18.0 Å². The molecule has 2 atom stereocenters. The summed E-state index contributed by atoms with van der Waals surface area (Å²) in [4.78, 5) is 6.92. The molecular formula is C15H20BrN5. The maximum atomic E-state index is 4.69. The third kappa shape index (κ3) is 2.96. The van der Waals surface area contributed by atoms with Gasteiger partial charge in [0, 0.05) is 35.2 Å². The molecule has 2 heterocycles. The second kappa shape index (κ2) is 5.77. The molecule has 1 aromatic heterocycles. The fourth-order valence-corrected chi connectivity index (χ4v) is 3.24. The number of rotatable bonds is 2. The highest BCUT2D eigenvalue weighted by Crippen LogP contribution is 2.27. The van der Waals surface area contributed by atoms with Crippen LogP contribution < -0.4 is 10.2 Å². The Hall–Kier alpha value is -1.40. The summed E-state index contributed by atoms with van der Waals surface area (Å²) in [6, 6.07) is 7.01. The van der Waals surface area contributed by atoms with Crippen molar-refractivity contribution in [1.29, 1.82) is 0 Å². The SMILES string of the molecule is Cc1c(Br)cccc1-c1nc(N2CC(C)NC(C)C2)n[nH]1. The van der Waals surface area contributed by atoms with E-state index in [1.165, 1.54) is 5.56 Å². The zero-order valence-electron chi connectivity index (χ0n) is 12.5. The van der Waals surface area contributed by atoms with Gasteiger partial charge in [-0.15, -0.1) is 5.10 Å². The van der Waals surface area contributed by atoms with E-state index in [1.807, 2.05) is 12.1 Å². The summed E-state index contributed by atoms with van der Waals surface area (Å²) in [5.41, 5.74) is 2.25. The minimum Gasteiger partial charge on any atom is -0.336 e. The number of benzene rings is 1. The summed E-state index contributed by atoms with van der Waals surface area (Å²) in [6.45, 7) is 8.32. The van der Waals surface area contributed by atoms with E-state index in [-0.39, 0.29) is 0 Å². The summed E-state index contributed by atoms with van der Waals surface area (Å²) < 4.78 is 1.09. The van der Waals surface area contributed by atoms with Crippen molar-refractivity contribution < 1.29 is 0 Å². The van der Waals surface area contributed by atoms with E-state index in [9.17, 15) is 0 Å². The minimum absolute atomic E-state index is 0.448. The lowest BCUT2D eigenvalue weighted by atomic mass is 10.1. The van der Waals surface area contributed by atoms with Crippen molar-refractivity contribution in [1.82, 2.24) is 20.5 Å². The Morgan fingerprint density at radius 2 is 1.95 bits per heavy atom. The van der Waals surface area contributed by atoms with Crippen LogP contribution in [0.1, 0.15) is 19.4 Å². The van der Waals surface area contributed by atoms with Gasteiger partial charge in [0.25, 0.3) is 0 Å². The predicted molar refractivity (Wildman–Crippen MR) is 88.5 cm³/mol. The maximum absolute atomic E-state index is 4.69. The van der Waals surface area contributed by atoms with Gasteiger partial charge in [0.15, 0.2) is 5.82 Å². The monoisotopic (exact) mass is 349 g/mol. The highest BCUT2D eigenvalue weighted by molar-refractivity contribution is 9.10. The van der Waals surface area contributed by atoms with Crippen LogP contribution in [0.3, 0.4) is 0 Å². The highest BCUT2D eigenvalue weighted by Gasteiger charge is 2.24. The molecule has 0 saturated carbocycles. The van der Waals surface area contributed by atoms with Gasteiger partial charge in [-0.1, -0.05) is 28.1 Å². The number of halogens is 1. The molecule has 2 unspecified atom stereocenters. The van der Waals surface area contributed by atoms with Gasteiger partial charge in [0.05, 0.1) is 0 Å². The van der Waals surface area contributed by atoms with Gasteiger partial charge in [0.2, 0.25) is 5.95 Å². The number of piperazine rings is 1. The molecule has 1 fully saturated rings. The second-order valence-corrected chi connectivity index (χ2v) is 6.62. The first-order valence-corrected chi connectivity index (χ1v) is 8.03. The summed E-state index contributed by atoms with van der Waals surface area (Å²) in [6.07, 6.45) is 0. The molecule has 5 nitrogen and oxygen atoms in total. The van der Waals surface area contributed by atoms with E-state index in [4.69, 9.17) is 0 Å². The molecule has 1 saturated heterocycles. The lowest BCUT2D eigenvalue weighted by molar-refractivity contribution is 0.403. The zero-order chi connectivity index (χ0) is 15.0. The number of nitrogens with one attached hydrogen (secondary N) is 2. The summed E-state index contributed by atoms with van der Waals surface area (Å²) in [5.74, 6) is 1.60. The van der Waals surface area contributed by atoms with Gasteiger partial charge < -0.3 is 10.2 Å². The largest absolute Gasteiger partial charge is 0.336 e. The number of hydrogen-bond donors (Lipinski definition) is 2. The van der Waals surface area contributed by atoms with Gasteiger partial charge >= 0.3 is 0 Å². The number of nitrogens with zero attached hydrogens (tertiary/aromatic N) is 3. The maximum Gasteiger partial charge on any atom is 0.245 e. The Labute approximate surface area is 133 Å².